The van der Waals surface area contributed by atoms with Crippen molar-refractivity contribution in [1.82, 2.24) is 9.80 Å². The minimum absolute atomic E-state index is 0.0663. The second kappa shape index (κ2) is 4.67. The molecule has 2 saturated heterocycles. The van der Waals surface area contributed by atoms with Crippen molar-refractivity contribution in [3.05, 3.63) is 0 Å². The van der Waals surface area contributed by atoms with Crippen molar-refractivity contribution in [2.45, 2.75) is 38.1 Å². The lowest BCUT2D eigenvalue weighted by atomic mass is 10.0. The molecule has 3 N–H and O–H groups in total. The van der Waals surface area contributed by atoms with Gasteiger partial charge in [0.15, 0.2) is 5.84 Å². The Morgan fingerprint density at radius 2 is 2.00 bits per heavy atom. The topological polar surface area (TPSA) is 82.2 Å². The van der Waals surface area contributed by atoms with Crippen LogP contribution in [0.15, 0.2) is 5.16 Å². The van der Waals surface area contributed by atoms with E-state index in [1.807, 2.05) is 4.90 Å². The van der Waals surface area contributed by atoms with E-state index in [2.05, 4.69) is 10.1 Å². The van der Waals surface area contributed by atoms with Crippen molar-refractivity contribution in [3.8, 4) is 0 Å². The Morgan fingerprint density at radius 1 is 1.26 bits per heavy atom. The van der Waals surface area contributed by atoms with E-state index in [0.29, 0.717) is 18.9 Å². The summed E-state index contributed by atoms with van der Waals surface area (Å²) in [7, 11) is 0. The second-order valence-electron chi connectivity index (χ2n) is 6.00. The summed E-state index contributed by atoms with van der Waals surface area (Å²) in [5.74, 6) is 0.154. The van der Waals surface area contributed by atoms with Crippen LogP contribution in [-0.4, -0.2) is 59.0 Å². The number of amides is 1. The lowest BCUT2D eigenvalue weighted by Gasteiger charge is -2.28. The van der Waals surface area contributed by atoms with E-state index >= 15 is 0 Å². The Balaban J connectivity index is 1.73. The molecule has 0 bridgehead atoms. The van der Waals surface area contributed by atoms with Gasteiger partial charge in [-0.2, -0.15) is 0 Å². The van der Waals surface area contributed by atoms with E-state index in [1.54, 1.807) is 0 Å². The van der Waals surface area contributed by atoms with Crippen molar-refractivity contribution >= 4 is 11.7 Å². The molecule has 6 nitrogen and oxygen atoms in total. The van der Waals surface area contributed by atoms with Crippen LogP contribution in [0.3, 0.4) is 0 Å². The minimum Gasteiger partial charge on any atom is -0.409 e. The van der Waals surface area contributed by atoms with Gasteiger partial charge in [-0.3, -0.25) is 9.69 Å². The number of rotatable bonds is 2. The van der Waals surface area contributed by atoms with E-state index in [-0.39, 0.29) is 11.7 Å². The molecule has 3 fully saturated rings. The van der Waals surface area contributed by atoms with Gasteiger partial charge in [0.25, 0.3) is 0 Å². The second-order valence-corrected chi connectivity index (χ2v) is 6.00. The van der Waals surface area contributed by atoms with Gasteiger partial charge in [-0.1, -0.05) is 5.16 Å². The van der Waals surface area contributed by atoms with Gasteiger partial charge >= 0.3 is 0 Å². The average molecular weight is 266 g/mol. The third kappa shape index (κ3) is 2.08. The zero-order valence-electron chi connectivity index (χ0n) is 11.2. The first-order valence-corrected chi connectivity index (χ1v) is 7.19. The fourth-order valence-corrected chi connectivity index (χ4v) is 3.49. The summed E-state index contributed by atoms with van der Waals surface area (Å²) in [5, 5.41) is 11.9. The average Bonchev–Trinajstić information content (AvgIpc) is 3.17. The minimum atomic E-state index is -0.692. The predicted octanol–water partition coefficient (Wildman–Crippen LogP) is 0.210. The van der Waals surface area contributed by atoms with E-state index in [4.69, 9.17) is 10.9 Å². The van der Waals surface area contributed by atoms with Gasteiger partial charge < -0.3 is 15.8 Å². The molecule has 6 heteroatoms. The molecule has 0 radical (unpaired) electrons. The number of carbonyl (C=O) groups excluding carboxylic acids is 1. The number of hydrogen-bond donors (Lipinski definition) is 2. The molecule has 0 aromatic carbocycles. The summed E-state index contributed by atoms with van der Waals surface area (Å²) >= 11 is 0. The quantitative estimate of drug-likeness (QED) is 0.324. The van der Waals surface area contributed by atoms with Crippen LogP contribution in [-0.2, 0) is 4.79 Å². The Morgan fingerprint density at radius 3 is 2.68 bits per heavy atom. The molecule has 0 spiro atoms. The summed E-state index contributed by atoms with van der Waals surface area (Å²) in [6, 6.07) is 0.509. The van der Waals surface area contributed by atoms with Gasteiger partial charge in [0.2, 0.25) is 5.91 Å². The molecule has 1 aliphatic carbocycles. The summed E-state index contributed by atoms with van der Waals surface area (Å²) < 4.78 is 0. The summed E-state index contributed by atoms with van der Waals surface area (Å²) in [5.41, 5.74) is 5.02. The SMILES string of the molecule is NC(=NO)C1(C(=O)N2CCCN3CCCC3C2)CC1. The van der Waals surface area contributed by atoms with E-state index < -0.39 is 5.41 Å². The zero-order valence-corrected chi connectivity index (χ0v) is 11.2. The summed E-state index contributed by atoms with van der Waals surface area (Å²) in [6.45, 7) is 3.86. The molecule has 2 aliphatic heterocycles. The highest BCUT2D eigenvalue weighted by Gasteiger charge is 2.56. The summed E-state index contributed by atoms with van der Waals surface area (Å²) in [4.78, 5) is 17.1. The number of nitrogens with zero attached hydrogens (tertiary/aromatic N) is 3. The molecule has 2 heterocycles. The van der Waals surface area contributed by atoms with E-state index in [0.717, 1.165) is 32.6 Å². The van der Waals surface area contributed by atoms with E-state index in [1.165, 1.54) is 12.8 Å². The van der Waals surface area contributed by atoms with Crippen LogP contribution in [0.2, 0.25) is 0 Å². The molecule has 1 amide bonds. The maximum atomic E-state index is 12.7. The monoisotopic (exact) mass is 266 g/mol. The fourth-order valence-electron chi connectivity index (χ4n) is 3.49. The third-order valence-electron chi connectivity index (χ3n) is 4.85. The van der Waals surface area contributed by atoms with Crippen LogP contribution in [0.4, 0.5) is 0 Å². The van der Waals surface area contributed by atoms with Crippen LogP contribution in [0.25, 0.3) is 0 Å². The molecule has 1 saturated carbocycles. The molecule has 0 aromatic rings. The maximum Gasteiger partial charge on any atom is 0.236 e. The smallest absolute Gasteiger partial charge is 0.236 e. The van der Waals surface area contributed by atoms with Crippen molar-refractivity contribution in [2.75, 3.05) is 26.2 Å². The molecule has 1 atom stereocenters. The Hall–Kier alpha value is -1.30. The van der Waals surface area contributed by atoms with Crippen molar-refractivity contribution in [1.29, 1.82) is 0 Å². The highest BCUT2D eigenvalue weighted by molar-refractivity contribution is 6.09. The molecular formula is C13H22N4O2. The van der Waals surface area contributed by atoms with Gasteiger partial charge in [0.1, 0.15) is 5.41 Å². The Bertz CT molecular complexity index is 405. The van der Waals surface area contributed by atoms with Crippen molar-refractivity contribution in [2.24, 2.45) is 16.3 Å². The van der Waals surface area contributed by atoms with Gasteiger partial charge in [0.05, 0.1) is 0 Å². The number of fused-ring (bicyclic) bond motifs is 1. The molecule has 0 aromatic heterocycles. The largest absolute Gasteiger partial charge is 0.409 e. The predicted molar refractivity (Wildman–Crippen MR) is 70.9 cm³/mol. The summed E-state index contributed by atoms with van der Waals surface area (Å²) in [6.07, 6.45) is 4.87. The van der Waals surface area contributed by atoms with Gasteiger partial charge in [-0.05, 0) is 38.6 Å². The molecule has 3 rings (SSSR count). The van der Waals surface area contributed by atoms with Crippen LogP contribution < -0.4 is 5.73 Å². The Labute approximate surface area is 113 Å². The lowest BCUT2D eigenvalue weighted by Crippen LogP contribution is -2.46. The lowest BCUT2D eigenvalue weighted by molar-refractivity contribution is -0.134. The van der Waals surface area contributed by atoms with Crippen LogP contribution in [0.5, 0.6) is 0 Å². The van der Waals surface area contributed by atoms with Crippen LogP contribution in [0, 0.1) is 5.41 Å². The number of amidine groups is 1. The van der Waals surface area contributed by atoms with Crippen molar-refractivity contribution < 1.29 is 10.0 Å². The molecule has 1 unspecified atom stereocenters. The maximum absolute atomic E-state index is 12.7. The first-order valence-electron chi connectivity index (χ1n) is 7.19. The molecule has 106 valence electrons. The van der Waals surface area contributed by atoms with Crippen molar-refractivity contribution in [3.63, 3.8) is 0 Å². The first kappa shape index (κ1) is 12.7. The van der Waals surface area contributed by atoms with Crippen LogP contribution in [0.1, 0.15) is 32.1 Å². The normalized spacial score (nSPS) is 30.8. The zero-order chi connectivity index (χ0) is 13.5. The van der Waals surface area contributed by atoms with Gasteiger partial charge in [0, 0.05) is 25.7 Å². The standard InChI is InChI=1S/C13H22N4O2/c14-11(15-19)13(4-5-13)12(18)17-8-2-7-16-6-1-3-10(16)9-17/h10,19H,1-9H2,(H2,14,15). The first-order chi connectivity index (χ1) is 9.17. The number of carbonyl (C=O) groups is 1. The fraction of sp³-hybridized carbons (Fsp3) is 0.846. The van der Waals surface area contributed by atoms with Gasteiger partial charge in [-0.25, -0.2) is 0 Å². The number of nitrogens with two attached hydrogens (primary N) is 1. The molecular weight excluding hydrogens is 244 g/mol. The molecule has 19 heavy (non-hydrogen) atoms. The molecule has 3 aliphatic rings. The Kier molecular flexibility index (Phi) is 3.12. The van der Waals surface area contributed by atoms with E-state index in [9.17, 15) is 4.79 Å². The highest BCUT2D eigenvalue weighted by Crippen LogP contribution is 2.47. The third-order valence-corrected chi connectivity index (χ3v) is 4.85. The number of hydrogen-bond acceptors (Lipinski definition) is 4. The number of oxime groups is 1. The van der Waals surface area contributed by atoms with Crippen LogP contribution >= 0.6 is 0 Å². The highest BCUT2D eigenvalue weighted by atomic mass is 16.4. The van der Waals surface area contributed by atoms with Gasteiger partial charge in [-0.15, -0.1) is 0 Å².